The number of rotatable bonds is 5. The first-order chi connectivity index (χ1) is 11.0. The first-order valence-corrected chi connectivity index (χ1v) is 7.02. The molecule has 1 aliphatic rings. The smallest absolute Gasteiger partial charge is 0.286 e. The summed E-state index contributed by atoms with van der Waals surface area (Å²) in [7, 11) is 2.84. The predicted molar refractivity (Wildman–Crippen MR) is 86.5 cm³/mol. The van der Waals surface area contributed by atoms with Crippen LogP contribution < -0.4 is 15.2 Å². The number of halogens is 1. The summed E-state index contributed by atoms with van der Waals surface area (Å²) in [6, 6.07) is 2.71. The third kappa shape index (κ3) is 2.87. The average molecular weight is 357 g/mol. The largest absolute Gasteiger partial charge is 0.493 e. The van der Waals surface area contributed by atoms with Gasteiger partial charge in [0.2, 0.25) is 0 Å². The Hall–Kier alpha value is -2.39. The number of nitro benzene ring substituents is 1. The molecule has 9 nitrogen and oxygen atoms in total. The molecule has 0 aliphatic heterocycles. The van der Waals surface area contributed by atoms with Crippen molar-refractivity contribution in [3.8, 4) is 23.0 Å². The molecule has 0 unspecified atom stereocenters. The molecule has 3 rings (SSSR count). The zero-order valence-electron chi connectivity index (χ0n) is 13.1. The van der Waals surface area contributed by atoms with Crippen molar-refractivity contribution in [3.05, 3.63) is 28.1 Å². The molecule has 0 bridgehead atoms. The molecule has 1 aliphatic carbocycles. The molecule has 1 aromatic carbocycles. The second kappa shape index (κ2) is 6.62. The van der Waals surface area contributed by atoms with Gasteiger partial charge in [-0.3, -0.25) is 10.1 Å². The Bertz CT molecular complexity index is 760. The monoisotopic (exact) mass is 356 g/mol. The van der Waals surface area contributed by atoms with Crippen LogP contribution in [0, 0.1) is 10.1 Å². The highest BCUT2D eigenvalue weighted by molar-refractivity contribution is 5.85. The van der Waals surface area contributed by atoms with Crippen LogP contribution >= 0.6 is 12.4 Å². The maximum Gasteiger partial charge on any atom is 0.286 e. The standard InChI is InChI=1S/C14H16N4O5.ClH/c1-21-10-6-8(9(18(19)20)7-11(10)22-2)12-16-13(17-23-12)14(15)4-3-5-14;/h6-7H,3-5,15H2,1-2H3;1H. The molecule has 1 heterocycles. The molecule has 1 fully saturated rings. The molecule has 0 amide bonds. The summed E-state index contributed by atoms with van der Waals surface area (Å²) in [5.74, 6) is 0.975. The van der Waals surface area contributed by atoms with Crippen LogP contribution in [0.2, 0.25) is 0 Å². The van der Waals surface area contributed by atoms with Gasteiger partial charge in [-0.05, 0) is 19.3 Å². The van der Waals surface area contributed by atoms with Crippen LogP contribution in [-0.2, 0) is 5.54 Å². The molecule has 24 heavy (non-hydrogen) atoms. The van der Waals surface area contributed by atoms with E-state index in [1.165, 1.54) is 26.4 Å². The van der Waals surface area contributed by atoms with E-state index in [4.69, 9.17) is 19.7 Å². The third-order valence-corrected chi connectivity index (χ3v) is 4.05. The zero-order chi connectivity index (χ0) is 16.6. The highest BCUT2D eigenvalue weighted by Crippen LogP contribution is 2.41. The van der Waals surface area contributed by atoms with E-state index in [9.17, 15) is 10.1 Å². The van der Waals surface area contributed by atoms with E-state index in [1.807, 2.05) is 0 Å². The zero-order valence-corrected chi connectivity index (χ0v) is 14.0. The molecule has 1 saturated carbocycles. The molecule has 2 N–H and O–H groups in total. The molecule has 0 saturated heterocycles. The lowest BCUT2D eigenvalue weighted by Gasteiger charge is -2.34. The van der Waals surface area contributed by atoms with Crippen LogP contribution in [0.3, 0.4) is 0 Å². The van der Waals surface area contributed by atoms with Crippen molar-refractivity contribution in [2.45, 2.75) is 24.8 Å². The van der Waals surface area contributed by atoms with Gasteiger partial charge in [-0.1, -0.05) is 5.16 Å². The normalized spacial score (nSPS) is 15.1. The highest BCUT2D eigenvalue weighted by Gasteiger charge is 2.39. The minimum absolute atomic E-state index is 0. The minimum Gasteiger partial charge on any atom is -0.493 e. The van der Waals surface area contributed by atoms with Crippen LogP contribution in [0.1, 0.15) is 25.1 Å². The summed E-state index contributed by atoms with van der Waals surface area (Å²) in [6.45, 7) is 0. The van der Waals surface area contributed by atoms with E-state index < -0.39 is 10.5 Å². The Balaban J connectivity index is 0.00000208. The Labute approximate surface area is 143 Å². The molecule has 0 spiro atoms. The first-order valence-electron chi connectivity index (χ1n) is 7.02. The summed E-state index contributed by atoms with van der Waals surface area (Å²) in [6.07, 6.45) is 2.52. The second-order valence-corrected chi connectivity index (χ2v) is 5.41. The minimum atomic E-state index is -0.604. The molecular weight excluding hydrogens is 340 g/mol. The molecular formula is C14H17ClN4O5. The summed E-state index contributed by atoms with van der Waals surface area (Å²) >= 11 is 0. The van der Waals surface area contributed by atoms with Gasteiger partial charge in [-0.15, -0.1) is 12.4 Å². The van der Waals surface area contributed by atoms with Gasteiger partial charge < -0.3 is 19.7 Å². The number of benzene rings is 1. The number of hydrogen-bond donors (Lipinski definition) is 1. The second-order valence-electron chi connectivity index (χ2n) is 5.41. The van der Waals surface area contributed by atoms with E-state index >= 15 is 0 Å². The van der Waals surface area contributed by atoms with Crippen LogP contribution in [0.5, 0.6) is 11.5 Å². The summed E-state index contributed by atoms with van der Waals surface area (Å²) in [4.78, 5) is 15.0. The number of aromatic nitrogens is 2. The summed E-state index contributed by atoms with van der Waals surface area (Å²) in [5, 5.41) is 15.2. The summed E-state index contributed by atoms with van der Waals surface area (Å²) in [5.41, 5.74) is 5.50. The number of ether oxygens (including phenoxy) is 2. The first kappa shape index (κ1) is 18.0. The fourth-order valence-electron chi connectivity index (χ4n) is 2.51. The lowest BCUT2D eigenvalue weighted by molar-refractivity contribution is -0.384. The van der Waals surface area contributed by atoms with Crippen molar-refractivity contribution < 1.29 is 18.9 Å². The van der Waals surface area contributed by atoms with Gasteiger partial charge in [0.25, 0.3) is 11.6 Å². The van der Waals surface area contributed by atoms with E-state index in [0.717, 1.165) is 19.3 Å². The van der Waals surface area contributed by atoms with Gasteiger partial charge in [0, 0.05) is 6.07 Å². The van der Waals surface area contributed by atoms with Gasteiger partial charge in [-0.25, -0.2) is 0 Å². The number of nitrogens with two attached hydrogens (primary N) is 1. The molecule has 0 atom stereocenters. The fourth-order valence-corrected chi connectivity index (χ4v) is 2.51. The maximum atomic E-state index is 11.3. The lowest BCUT2D eigenvalue weighted by Crippen LogP contribution is -2.44. The molecule has 130 valence electrons. The van der Waals surface area contributed by atoms with Gasteiger partial charge >= 0.3 is 0 Å². The van der Waals surface area contributed by atoms with Gasteiger partial charge in [0.05, 0.1) is 30.7 Å². The third-order valence-electron chi connectivity index (χ3n) is 4.05. The average Bonchev–Trinajstić information content (AvgIpc) is 3.01. The number of nitrogens with zero attached hydrogens (tertiary/aromatic N) is 3. The van der Waals surface area contributed by atoms with E-state index in [0.29, 0.717) is 11.6 Å². The van der Waals surface area contributed by atoms with E-state index in [-0.39, 0.29) is 35.3 Å². The van der Waals surface area contributed by atoms with Crippen LogP contribution in [0.4, 0.5) is 5.69 Å². The predicted octanol–water partition coefficient (Wildman–Crippen LogP) is 2.42. The quantitative estimate of drug-likeness (QED) is 0.639. The van der Waals surface area contributed by atoms with Crippen LogP contribution in [0.25, 0.3) is 11.5 Å². The van der Waals surface area contributed by atoms with Gasteiger partial charge in [0.1, 0.15) is 5.56 Å². The Morgan fingerprint density at radius 3 is 2.42 bits per heavy atom. The van der Waals surface area contributed by atoms with Gasteiger partial charge in [0.15, 0.2) is 17.3 Å². The van der Waals surface area contributed by atoms with Crippen molar-refractivity contribution >= 4 is 18.1 Å². The molecule has 10 heteroatoms. The number of nitro groups is 1. The maximum absolute atomic E-state index is 11.3. The van der Waals surface area contributed by atoms with Crippen molar-refractivity contribution in [1.29, 1.82) is 0 Å². The number of hydrogen-bond acceptors (Lipinski definition) is 8. The molecule has 1 aromatic heterocycles. The Morgan fingerprint density at radius 2 is 1.92 bits per heavy atom. The van der Waals surface area contributed by atoms with Crippen molar-refractivity contribution in [2.24, 2.45) is 5.73 Å². The Kier molecular flexibility index (Phi) is 4.95. The van der Waals surface area contributed by atoms with Crippen molar-refractivity contribution in [3.63, 3.8) is 0 Å². The topological polar surface area (TPSA) is 127 Å². The van der Waals surface area contributed by atoms with Crippen LogP contribution in [0.15, 0.2) is 16.7 Å². The van der Waals surface area contributed by atoms with Gasteiger partial charge in [-0.2, -0.15) is 4.98 Å². The van der Waals surface area contributed by atoms with E-state index in [1.54, 1.807) is 0 Å². The Morgan fingerprint density at radius 1 is 1.29 bits per heavy atom. The van der Waals surface area contributed by atoms with E-state index in [2.05, 4.69) is 10.1 Å². The summed E-state index contributed by atoms with van der Waals surface area (Å²) < 4.78 is 15.5. The van der Waals surface area contributed by atoms with Crippen LogP contribution in [-0.4, -0.2) is 29.3 Å². The van der Waals surface area contributed by atoms with Crippen molar-refractivity contribution in [2.75, 3.05) is 14.2 Å². The SMILES string of the molecule is COc1cc(-c2nc(C3(N)CCC3)no2)c([N+](=O)[O-])cc1OC.Cl. The van der Waals surface area contributed by atoms with Crippen molar-refractivity contribution in [1.82, 2.24) is 10.1 Å². The highest BCUT2D eigenvalue weighted by atomic mass is 35.5. The number of methoxy groups -OCH3 is 2. The molecule has 2 aromatic rings. The fraction of sp³-hybridized carbons (Fsp3) is 0.429. The lowest BCUT2D eigenvalue weighted by atomic mass is 9.77. The molecule has 0 radical (unpaired) electrons.